The number of carbonyl (C=O) groups is 1. The average molecular weight is 298 g/mol. The van der Waals surface area contributed by atoms with E-state index in [9.17, 15) is 4.79 Å². The maximum Gasteiger partial charge on any atom is 0.161 e. The Morgan fingerprint density at radius 1 is 1.29 bits per heavy atom. The predicted octanol–water partition coefficient (Wildman–Crippen LogP) is 4.13. The van der Waals surface area contributed by atoms with Crippen LogP contribution < -0.4 is 4.90 Å². The largest absolute Gasteiger partial charge is 0.371 e. The number of anilines is 1. The molecule has 0 radical (unpaired) electrons. The van der Waals surface area contributed by atoms with Crippen LogP contribution in [0, 0.1) is 5.92 Å². The average Bonchev–Trinajstić information content (AvgIpc) is 2.26. The summed E-state index contributed by atoms with van der Waals surface area (Å²) < 4.78 is 1.00. The van der Waals surface area contributed by atoms with Gasteiger partial charge in [0.15, 0.2) is 5.78 Å². The van der Waals surface area contributed by atoms with Crippen molar-refractivity contribution in [3.8, 4) is 0 Å². The van der Waals surface area contributed by atoms with Crippen molar-refractivity contribution < 1.29 is 4.79 Å². The van der Waals surface area contributed by atoms with Gasteiger partial charge in [0, 0.05) is 28.8 Å². The first-order chi connectivity index (χ1) is 7.84. The Morgan fingerprint density at radius 3 is 2.35 bits per heavy atom. The van der Waals surface area contributed by atoms with Crippen LogP contribution in [0.5, 0.6) is 0 Å². The Hall–Kier alpha value is -0.830. The van der Waals surface area contributed by atoms with Gasteiger partial charge in [0.1, 0.15) is 0 Å². The molecule has 94 valence electrons. The second-order valence-electron chi connectivity index (χ2n) is 4.81. The molecular weight excluding hydrogens is 278 g/mol. The van der Waals surface area contributed by atoms with E-state index in [0.29, 0.717) is 12.0 Å². The third kappa shape index (κ3) is 3.32. The number of halogens is 1. The minimum Gasteiger partial charge on any atom is -0.371 e. The molecular formula is C14H20BrNO. The monoisotopic (exact) mass is 297 g/mol. The first-order valence-electron chi connectivity index (χ1n) is 5.88. The lowest BCUT2D eigenvalue weighted by molar-refractivity contribution is 0.101. The van der Waals surface area contributed by atoms with E-state index in [2.05, 4.69) is 41.6 Å². The summed E-state index contributed by atoms with van der Waals surface area (Å²) in [6, 6.07) is 6.19. The van der Waals surface area contributed by atoms with Crippen LogP contribution in [0.25, 0.3) is 0 Å². The van der Waals surface area contributed by atoms with Gasteiger partial charge in [-0.1, -0.05) is 29.8 Å². The van der Waals surface area contributed by atoms with E-state index in [4.69, 9.17) is 0 Å². The van der Waals surface area contributed by atoms with E-state index in [1.807, 2.05) is 25.2 Å². The van der Waals surface area contributed by atoms with Gasteiger partial charge in [-0.25, -0.2) is 0 Å². The summed E-state index contributed by atoms with van der Waals surface area (Å²) in [6.45, 7) is 8.16. The minimum absolute atomic E-state index is 0.107. The van der Waals surface area contributed by atoms with Crippen molar-refractivity contribution in [1.29, 1.82) is 0 Å². The molecule has 0 amide bonds. The van der Waals surface area contributed by atoms with Gasteiger partial charge in [0.05, 0.1) is 0 Å². The highest BCUT2D eigenvalue weighted by Gasteiger charge is 2.18. The predicted molar refractivity (Wildman–Crippen MR) is 76.8 cm³/mol. The molecule has 0 bridgehead atoms. The molecule has 0 heterocycles. The molecule has 1 unspecified atom stereocenters. The van der Waals surface area contributed by atoms with Crippen LogP contribution in [0.1, 0.15) is 38.1 Å². The second kappa shape index (κ2) is 5.67. The van der Waals surface area contributed by atoms with Crippen LogP contribution in [0.3, 0.4) is 0 Å². The summed E-state index contributed by atoms with van der Waals surface area (Å²) in [5, 5.41) is 0. The van der Waals surface area contributed by atoms with Crippen molar-refractivity contribution in [2.75, 3.05) is 11.9 Å². The van der Waals surface area contributed by atoms with Crippen molar-refractivity contribution in [3.05, 3.63) is 28.2 Å². The summed E-state index contributed by atoms with van der Waals surface area (Å²) in [6.07, 6.45) is 0. The maximum absolute atomic E-state index is 11.6. The van der Waals surface area contributed by atoms with Gasteiger partial charge in [-0.15, -0.1) is 0 Å². The highest BCUT2D eigenvalue weighted by atomic mass is 79.9. The van der Waals surface area contributed by atoms with Crippen molar-refractivity contribution in [1.82, 2.24) is 0 Å². The van der Waals surface area contributed by atoms with E-state index in [0.717, 1.165) is 15.7 Å². The fraction of sp³-hybridized carbons (Fsp3) is 0.500. The zero-order valence-corrected chi connectivity index (χ0v) is 12.7. The highest BCUT2D eigenvalue weighted by molar-refractivity contribution is 9.10. The quantitative estimate of drug-likeness (QED) is 0.779. The molecule has 0 aliphatic carbocycles. The van der Waals surface area contributed by atoms with E-state index in [1.165, 1.54) is 0 Å². The molecule has 1 aromatic carbocycles. The Labute approximate surface area is 112 Å². The van der Waals surface area contributed by atoms with Crippen LogP contribution in [0.2, 0.25) is 0 Å². The van der Waals surface area contributed by atoms with Crippen molar-refractivity contribution in [2.24, 2.45) is 5.92 Å². The molecule has 3 heteroatoms. The second-order valence-corrected chi connectivity index (χ2v) is 5.73. The van der Waals surface area contributed by atoms with Gasteiger partial charge >= 0.3 is 0 Å². The zero-order valence-electron chi connectivity index (χ0n) is 11.1. The summed E-state index contributed by atoms with van der Waals surface area (Å²) in [5.74, 6) is 0.647. The third-order valence-corrected chi connectivity index (χ3v) is 3.79. The van der Waals surface area contributed by atoms with E-state index >= 15 is 0 Å². The topological polar surface area (TPSA) is 20.3 Å². The molecule has 0 aliphatic heterocycles. The van der Waals surface area contributed by atoms with Gasteiger partial charge in [-0.3, -0.25) is 4.79 Å². The number of Topliss-reactive ketones (excluding diaryl/α,β-unsaturated/α-hetero) is 1. The molecule has 0 fully saturated rings. The molecule has 1 aromatic rings. The van der Waals surface area contributed by atoms with Gasteiger partial charge in [-0.2, -0.15) is 0 Å². The number of hydrogen-bond acceptors (Lipinski definition) is 2. The number of benzene rings is 1. The summed E-state index contributed by atoms with van der Waals surface area (Å²) in [4.78, 5) is 13.8. The fourth-order valence-electron chi connectivity index (χ4n) is 1.76. The Bertz CT molecular complexity index is 415. The van der Waals surface area contributed by atoms with E-state index in [1.54, 1.807) is 6.92 Å². The molecule has 0 aromatic heterocycles. The molecule has 17 heavy (non-hydrogen) atoms. The van der Waals surface area contributed by atoms with Crippen molar-refractivity contribution in [3.63, 3.8) is 0 Å². The minimum atomic E-state index is 0.107. The maximum atomic E-state index is 11.6. The van der Waals surface area contributed by atoms with Gasteiger partial charge in [-0.05, 0) is 38.0 Å². The van der Waals surface area contributed by atoms with Crippen LogP contribution in [-0.4, -0.2) is 18.9 Å². The van der Waals surface area contributed by atoms with Crippen LogP contribution in [0.4, 0.5) is 5.69 Å². The van der Waals surface area contributed by atoms with Crippen molar-refractivity contribution >= 4 is 27.4 Å². The lowest BCUT2D eigenvalue weighted by Gasteiger charge is -2.31. The van der Waals surface area contributed by atoms with Crippen molar-refractivity contribution in [2.45, 2.75) is 33.7 Å². The van der Waals surface area contributed by atoms with Crippen LogP contribution in [-0.2, 0) is 0 Å². The standard InChI is InChI=1S/C14H20BrNO/c1-9(2)10(3)16(5)14-8-12(15)6-7-13(14)11(4)17/h6-10H,1-5H3. The number of nitrogens with zero attached hydrogens (tertiary/aromatic N) is 1. The van der Waals surface area contributed by atoms with Gasteiger partial charge in [0.25, 0.3) is 0 Å². The normalized spacial score (nSPS) is 12.6. The SMILES string of the molecule is CC(=O)c1ccc(Br)cc1N(C)C(C)C(C)C. The van der Waals surface area contributed by atoms with Gasteiger partial charge < -0.3 is 4.90 Å². The lowest BCUT2D eigenvalue weighted by Crippen LogP contribution is -2.34. The summed E-state index contributed by atoms with van der Waals surface area (Å²) >= 11 is 3.46. The fourth-order valence-corrected chi connectivity index (χ4v) is 2.11. The molecule has 0 spiro atoms. The van der Waals surface area contributed by atoms with E-state index in [-0.39, 0.29) is 5.78 Å². The lowest BCUT2D eigenvalue weighted by atomic mass is 10.0. The molecule has 0 saturated carbocycles. The molecule has 0 N–H and O–H groups in total. The Balaban J connectivity index is 3.19. The van der Waals surface area contributed by atoms with Crippen LogP contribution in [0.15, 0.2) is 22.7 Å². The summed E-state index contributed by atoms with van der Waals surface area (Å²) in [5.41, 5.74) is 1.77. The number of ketones is 1. The van der Waals surface area contributed by atoms with E-state index < -0.39 is 0 Å². The molecule has 0 saturated heterocycles. The first-order valence-corrected chi connectivity index (χ1v) is 6.67. The Kier molecular flexibility index (Phi) is 4.75. The number of carbonyl (C=O) groups excluding carboxylic acids is 1. The third-order valence-electron chi connectivity index (χ3n) is 3.29. The van der Waals surface area contributed by atoms with Gasteiger partial charge in [0.2, 0.25) is 0 Å². The molecule has 1 atom stereocenters. The number of hydrogen-bond donors (Lipinski definition) is 0. The Morgan fingerprint density at radius 2 is 1.88 bits per heavy atom. The summed E-state index contributed by atoms with van der Waals surface area (Å²) in [7, 11) is 2.04. The molecule has 2 nitrogen and oxygen atoms in total. The highest BCUT2D eigenvalue weighted by Crippen LogP contribution is 2.27. The molecule has 0 aliphatic rings. The first kappa shape index (κ1) is 14.2. The van der Waals surface area contributed by atoms with Crippen LogP contribution >= 0.6 is 15.9 Å². The number of rotatable bonds is 4. The molecule has 1 rings (SSSR count). The smallest absolute Gasteiger partial charge is 0.161 e. The zero-order chi connectivity index (χ0) is 13.2.